The first-order valence-corrected chi connectivity index (χ1v) is 7.82. The highest BCUT2D eigenvalue weighted by molar-refractivity contribution is 7.80. The molecule has 1 N–H and O–H groups in total. The summed E-state index contributed by atoms with van der Waals surface area (Å²) in [7, 11) is -0.450. The molecule has 21 heavy (non-hydrogen) atoms. The molecule has 0 saturated carbocycles. The summed E-state index contributed by atoms with van der Waals surface area (Å²) in [4.78, 5) is 0. The van der Waals surface area contributed by atoms with E-state index in [-0.39, 0.29) is 5.75 Å². The fourth-order valence-electron chi connectivity index (χ4n) is 2.08. The molecule has 1 saturated heterocycles. The molecule has 1 heterocycles. The van der Waals surface area contributed by atoms with Crippen molar-refractivity contribution in [3.63, 3.8) is 0 Å². The smallest absolute Gasteiger partial charge is 0.491 e. The molecule has 1 aromatic rings. The third kappa shape index (κ3) is 3.59. The van der Waals surface area contributed by atoms with E-state index in [2.05, 4.69) is 12.6 Å². The Bertz CT molecular complexity index is 536. The molecule has 1 aromatic carbocycles. The molecule has 114 valence electrons. The van der Waals surface area contributed by atoms with Crippen LogP contribution >= 0.6 is 24.2 Å². The fourth-order valence-corrected chi connectivity index (χ4v) is 2.55. The summed E-state index contributed by atoms with van der Waals surface area (Å²) in [6.45, 7) is 8.03. The Hall–Kier alpha value is -0.615. The SMILES string of the molecule is CC1(C)OB(C(=Cc2cc(O)cc(Cl)c2)CS)OC1(C)C. The largest absolute Gasteiger partial charge is 0.508 e. The molecule has 0 bridgehead atoms. The fraction of sp³-hybridized carbons (Fsp3) is 0.467. The lowest BCUT2D eigenvalue weighted by Crippen LogP contribution is -2.41. The minimum Gasteiger partial charge on any atom is -0.508 e. The molecule has 0 amide bonds. The van der Waals surface area contributed by atoms with Gasteiger partial charge in [0.1, 0.15) is 5.75 Å². The first kappa shape index (κ1) is 16.8. The summed E-state index contributed by atoms with van der Waals surface area (Å²) in [5, 5.41) is 10.1. The Labute approximate surface area is 136 Å². The monoisotopic (exact) mass is 326 g/mol. The van der Waals surface area contributed by atoms with Crippen LogP contribution in [0.2, 0.25) is 5.02 Å². The minimum absolute atomic E-state index is 0.126. The Morgan fingerprint density at radius 1 is 1.24 bits per heavy atom. The van der Waals surface area contributed by atoms with Crippen molar-refractivity contribution in [2.45, 2.75) is 38.9 Å². The number of benzene rings is 1. The van der Waals surface area contributed by atoms with Crippen molar-refractivity contribution in [3.8, 4) is 5.75 Å². The molecular weight excluding hydrogens is 306 g/mol. The number of hydrogen-bond acceptors (Lipinski definition) is 4. The second-order valence-corrected chi connectivity index (χ2v) is 6.96. The van der Waals surface area contributed by atoms with Crippen LogP contribution in [0.4, 0.5) is 0 Å². The van der Waals surface area contributed by atoms with Crippen LogP contribution in [0.1, 0.15) is 33.3 Å². The molecule has 6 heteroatoms. The molecule has 0 spiro atoms. The van der Waals surface area contributed by atoms with Crippen LogP contribution in [0, 0.1) is 0 Å². The van der Waals surface area contributed by atoms with Gasteiger partial charge in [0, 0.05) is 10.8 Å². The predicted molar refractivity (Wildman–Crippen MR) is 91.0 cm³/mol. The number of thiol groups is 1. The van der Waals surface area contributed by atoms with Gasteiger partial charge in [0.05, 0.1) is 11.2 Å². The zero-order valence-corrected chi connectivity index (χ0v) is 14.3. The lowest BCUT2D eigenvalue weighted by molar-refractivity contribution is 0.00578. The van der Waals surface area contributed by atoms with Crippen LogP contribution in [0.5, 0.6) is 5.75 Å². The molecule has 2 rings (SSSR count). The molecule has 0 aromatic heterocycles. The molecule has 1 aliphatic heterocycles. The third-order valence-corrected chi connectivity index (χ3v) is 4.58. The molecule has 3 nitrogen and oxygen atoms in total. The van der Waals surface area contributed by atoms with Crippen LogP contribution in [0.3, 0.4) is 0 Å². The standard InChI is InChI=1S/C15H20BClO3S/c1-14(2)15(3,4)20-16(19-14)11(9-21)5-10-6-12(17)8-13(18)7-10/h5-8,18,21H,9H2,1-4H3. The van der Waals surface area contributed by atoms with Gasteiger partial charge in [-0.25, -0.2) is 0 Å². The van der Waals surface area contributed by atoms with Gasteiger partial charge < -0.3 is 14.4 Å². The molecule has 0 atom stereocenters. The predicted octanol–water partition coefficient (Wildman–Crippen LogP) is 3.99. The van der Waals surface area contributed by atoms with E-state index in [0.29, 0.717) is 10.8 Å². The van der Waals surface area contributed by atoms with Gasteiger partial charge in [0.15, 0.2) is 0 Å². The van der Waals surface area contributed by atoms with Crippen LogP contribution in [0.15, 0.2) is 23.7 Å². The summed E-state index contributed by atoms with van der Waals surface area (Å²) in [5.41, 5.74) is 0.893. The van der Waals surface area contributed by atoms with E-state index in [1.165, 1.54) is 6.07 Å². The van der Waals surface area contributed by atoms with Gasteiger partial charge >= 0.3 is 7.12 Å². The second kappa shape index (κ2) is 5.88. The molecule has 1 fully saturated rings. The topological polar surface area (TPSA) is 38.7 Å². The van der Waals surface area contributed by atoms with Gasteiger partial charge in [0.2, 0.25) is 0 Å². The van der Waals surface area contributed by atoms with Crippen molar-refractivity contribution >= 4 is 37.4 Å². The van der Waals surface area contributed by atoms with Crippen LogP contribution < -0.4 is 0 Å². The summed E-state index contributed by atoms with van der Waals surface area (Å²) < 4.78 is 12.0. The lowest BCUT2D eigenvalue weighted by Gasteiger charge is -2.32. The minimum atomic E-state index is -0.450. The van der Waals surface area contributed by atoms with E-state index >= 15 is 0 Å². The van der Waals surface area contributed by atoms with Gasteiger partial charge in [-0.2, -0.15) is 12.6 Å². The first-order valence-electron chi connectivity index (χ1n) is 6.81. The van der Waals surface area contributed by atoms with Gasteiger partial charge in [-0.15, -0.1) is 0 Å². The Morgan fingerprint density at radius 2 is 1.81 bits per heavy atom. The molecule has 0 aliphatic carbocycles. The van der Waals surface area contributed by atoms with Crippen molar-refractivity contribution in [2.24, 2.45) is 0 Å². The Morgan fingerprint density at radius 3 is 2.29 bits per heavy atom. The van der Waals surface area contributed by atoms with Gasteiger partial charge in [0.25, 0.3) is 0 Å². The summed E-state index contributed by atoms with van der Waals surface area (Å²) in [6.07, 6.45) is 1.89. The number of phenols is 1. The maximum absolute atomic E-state index is 9.62. The van der Waals surface area contributed by atoms with E-state index in [1.54, 1.807) is 12.1 Å². The van der Waals surface area contributed by atoms with Crippen LogP contribution in [-0.2, 0) is 9.31 Å². The number of aromatic hydroxyl groups is 1. The van der Waals surface area contributed by atoms with E-state index in [9.17, 15) is 5.11 Å². The normalized spacial score (nSPS) is 20.9. The Balaban J connectivity index is 2.30. The van der Waals surface area contributed by atoms with E-state index < -0.39 is 18.3 Å². The maximum Gasteiger partial charge on any atom is 0.491 e. The average Bonchev–Trinajstić information content (AvgIpc) is 2.54. The number of rotatable bonds is 3. The summed E-state index contributed by atoms with van der Waals surface area (Å²) in [5.74, 6) is 0.616. The highest BCUT2D eigenvalue weighted by Gasteiger charge is 2.52. The lowest BCUT2D eigenvalue weighted by atomic mass is 9.78. The van der Waals surface area contributed by atoms with Gasteiger partial charge in [-0.05, 0) is 56.9 Å². The molecule has 0 radical (unpaired) electrons. The van der Waals surface area contributed by atoms with Crippen molar-refractivity contribution in [2.75, 3.05) is 5.75 Å². The summed E-state index contributed by atoms with van der Waals surface area (Å²) >= 11 is 10.3. The van der Waals surface area contributed by atoms with Gasteiger partial charge in [-0.1, -0.05) is 17.7 Å². The maximum atomic E-state index is 9.62. The summed E-state index contributed by atoms with van der Waals surface area (Å²) in [6, 6.07) is 4.91. The van der Waals surface area contributed by atoms with Crippen molar-refractivity contribution in [1.82, 2.24) is 0 Å². The molecular formula is C15H20BClO3S. The average molecular weight is 327 g/mol. The second-order valence-electron chi connectivity index (χ2n) is 6.21. The van der Waals surface area contributed by atoms with Crippen molar-refractivity contribution in [1.29, 1.82) is 0 Å². The highest BCUT2D eigenvalue weighted by Crippen LogP contribution is 2.39. The van der Waals surface area contributed by atoms with Crippen LogP contribution in [0.25, 0.3) is 6.08 Å². The number of phenolic OH excluding ortho intramolecular Hbond substituents is 1. The highest BCUT2D eigenvalue weighted by atomic mass is 35.5. The van der Waals surface area contributed by atoms with Gasteiger partial charge in [-0.3, -0.25) is 0 Å². The van der Waals surface area contributed by atoms with Crippen LogP contribution in [-0.4, -0.2) is 29.2 Å². The first-order chi connectivity index (χ1) is 9.64. The third-order valence-electron chi connectivity index (χ3n) is 4.00. The molecule has 1 aliphatic rings. The van der Waals surface area contributed by atoms with E-state index in [0.717, 1.165) is 11.0 Å². The quantitative estimate of drug-likeness (QED) is 0.651. The van der Waals surface area contributed by atoms with Crippen molar-refractivity contribution in [3.05, 3.63) is 34.3 Å². The van der Waals surface area contributed by atoms with E-state index in [1.807, 2.05) is 33.8 Å². The zero-order chi connectivity index (χ0) is 15.8. The van der Waals surface area contributed by atoms with E-state index in [4.69, 9.17) is 20.9 Å². The molecule has 0 unspecified atom stereocenters. The zero-order valence-electron chi connectivity index (χ0n) is 12.7. The van der Waals surface area contributed by atoms with Crippen molar-refractivity contribution < 1.29 is 14.4 Å². The number of hydrogen-bond donors (Lipinski definition) is 2. The number of halogens is 1. The Kier molecular flexibility index (Phi) is 4.69.